The van der Waals surface area contributed by atoms with Crippen molar-refractivity contribution in [1.29, 1.82) is 0 Å². The van der Waals surface area contributed by atoms with Gasteiger partial charge in [0.25, 0.3) is 11.8 Å². The minimum Gasteiger partial charge on any atom is -0.493 e. The summed E-state index contributed by atoms with van der Waals surface area (Å²) in [4.78, 5) is 25.7. The average molecular weight is 336 g/mol. The van der Waals surface area contributed by atoms with Crippen LogP contribution < -0.4 is 4.74 Å². The molecule has 0 radical (unpaired) electrons. The first-order valence-electron chi connectivity index (χ1n) is 9.02. The Bertz CT molecular complexity index is 779. The Morgan fingerprint density at radius 2 is 1.76 bits per heavy atom. The molecule has 1 aliphatic heterocycles. The van der Waals surface area contributed by atoms with E-state index in [2.05, 4.69) is 17.3 Å². The van der Waals surface area contributed by atoms with Crippen LogP contribution in [0.4, 0.5) is 0 Å². The summed E-state index contributed by atoms with van der Waals surface area (Å²) >= 11 is 0. The number of hydrazone groups is 1. The van der Waals surface area contributed by atoms with E-state index in [0.29, 0.717) is 24.2 Å². The molecule has 5 nitrogen and oxygen atoms in total. The Hall–Kier alpha value is -2.43. The van der Waals surface area contributed by atoms with Crippen LogP contribution in [0.1, 0.15) is 18.9 Å². The van der Waals surface area contributed by atoms with E-state index in [-0.39, 0.29) is 35.5 Å². The molecule has 2 saturated carbocycles. The molecule has 0 N–H and O–H groups in total. The molecule has 0 unspecified atom stereocenters. The van der Waals surface area contributed by atoms with Crippen LogP contribution in [0.15, 0.2) is 41.5 Å². The van der Waals surface area contributed by atoms with Gasteiger partial charge in [0.1, 0.15) is 5.75 Å². The molecule has 6 rings (SSSR count). The Kier molecular flexibility index (Phi) is 3.14. The highest BCUT2D eigenvalue weighted by molar-refractivity contribution is 6.06. The van der Waals surface area contributed by atoms with E-state index < -0.39 is 0 Å². The lowest BCUT2D eigenvalue weighted by Crippen LogP contribution is -2.40. The molecule has 25 heavy (non-hydrogen) atoms. The number of imide groups is 1. The summed E-state index contributed by atoms with van der Waals surface area (Å²) < 4.78 is 5.57. The predicted octanol–water partition coefficient (Wildman–Crippen LogP) is 2.47. The van der Waals surface area contributed by atoms with E-state index in [1.54, 1.807) is 6.21 Å². The minimum atomic E-state index is -0.203. The molecule has 1 aromatic carbocycles. The van der Waals surface area contributed by atoms with Crippen LogP contribution in [0.3, 0.4) is 0 Å². The number of hydrogen-bond acceptors (Lipinski definition) is 4. The zero-order chi connectivity index (χ0) is 17.1. The molecule has 5 aliphatic rings. The van der Waals surface area contributed by atoms with Crippen molar-refractivity contribution in [3.8, 4) is 5.75 Å². The topological polar surface area (TPSA) is 59.0 Å². The quantitative estimate of drug-likeness (QED) is 0.482. The van der Waals surface area contributed by atoms with Gasteiger partial charge < -0.3 is 4.74 Å². The number of benzene rings is 1. The lowest BCUT2D eigenvalue weighted by molar-refractivity contribution is -0.140. The fourth-order valence-corrected chi connectivity index (χ4v) is 5.05. The van der Waals surface area contributed by atoms with Gasteiger partial charge in [-0.3, -0.25) is 9.59 Å². The molecule has 1 heterocycles. The maximum absolute atomic E-state index is 12.9. The van der Waals surface area contributed by atoms with E-state index in [0.717, 1.165) is 10.6 Å². The van der Waals surface area contributed by atoms with Crippen molar-refractivity contribution in [1.82, 2.24) is 5.01 Å². The fourth-order valence-electron chi connectivity index (χ4n) is 5.05. The van der Waals surface area contributed by atoms with Gasteiger partial charge in [-0.2, -0.15) is 10.1 Å². The zero-order valence-electron chi connectivity index (χ0n) is 14.0. The average Bonchev–Trinajstić information content (AvgIpc) is 3.40. The van der Waals surface area contributed by atoms with Crippen LogP contribution in [-0.2, 0) is 9.59 Å². The van der Waals surface area contributed by atoms with Gasteiger partial charge >= 0.3 is 0 Å². The molecule has 4 aliphatic carbocycles. The number of carbonyl (C=O) groups excluding carboxylic acids is 2. The smallest absolute Gasteiger partial charge is 0.254 e. The van der Waals surface area contributed by atoms with Gasteiger partial charge in [0.15, 0.2) is 0 Å². The Morgan fingerprint density at radius 1 is 1.12 bits per heavy atom. The lowest BCUT2D eigenvalue weighted by atomic mass is 9.63. The molecule has 5 heteroatoms. The van der Waals surface area contributed by atoms with E-state index >= 15 is 0 Å². The van der Waals surface area contributed by atoms with Crippen LogP contribution >= 0.6 is 0 Å². The van der Waals surface area contributed by atoms with Gasteiger partial charge in [-0.15, -0.1) is 0 Å². The van der Waals surface area contributed by atoms with E-state index in [4.69, 9.17) is 4.74 Å². The maximum Gasteiger partial charge on any atom is 0.254 e. The summed E-state index contributed by atoms with van der Waals surface area (Å²) in [5.74, 6) is 1.70. The molecule has 0 aromatic heterocycles. The summed E-state index contributed by atoms with van der Waals surface area (Å²) in [5.41, 5.74) is 0.767. The highest BCUT2D eigenvalue weighted by Gasteiger charge is 2.67. The first kappa shape index (κ1) is 14.9. The van der Waals surface area contributed by atoms with Crippen molar-refractivity contribution >= 4 is 18.0 Å². The number of ether oxygens (including phenoxy) is 1. The third kappa shape index (κ3) is 2.04. The standard InChI is InChI=1S/C20H20N2O3/c1-2-25-16-6-4-3-5-11(16)10-21-22-19(23)17-12-7-8-13(15-9-14(12)15)18(17)20(22)24/h3-8,10,12-15,17-18H,2,9H2,1H3/b21-10-/t12-,13-,14-,15+,17+,18+/m0/s1. The third-order valence-corrected chi connectivity index (χ3v) is 6.17. The molecule has 128 valence electrons. The van der Waals surface area contributed by atoms with Crippen LogP contribution in [-0.4, -0.2) is 29.6 Å². The number of amides is 2. The Morgan fingerprint density at radius 3 is 2.40 bits per heavy atom. The van der Waals surface area contributed by atoms with Crippen molar-refractivity contribution in [2.24, 2.45) is 40.6 Å². The first-order chi connectivity index (χ1) is 12.2. The number of hydrogen-bond donors (Lipinski definition) is 0. The SMILES string of the molecule is CCOc1ccccc1/C=N\N1C(=O)[C@@H]2[C@H]3C=C[C@@H]([C@@H]4C[C@H]34)[C@H]2C1=O. The van der Waals surface area contributed by atoms with Crippen LogP contribution in [0.2, 0.25) is 0 Å². The van der Waals surface area contributed by atoms with Gasteiger partial charge in [0, 0.05) is 5.56 Å². The van der Waals surface area contributed by atoms with Gasteiger partial charge in [-0.1, -0.05) is 24.3 Å². The molecule has 2 amide bonds. The molecule has 6 atom stereocenters. The second kappa shape index (κ2) is 5.28. The largest absolute Gasteiger partial charge is 0.493 e. The summed E-state index contributed by atoms with van der Waals surface area (Å²) in [7, 11) is 0. The molecule has 0 spiro atoms. The maximum atomic E-state index is 12.9. The highest BCUT2D eigenvalue weighted by Crippen LogP contribution is 2.65. The first-order valence-corrected chi connectivity index (χ1v) is 9.02. The highest BCUT2D eigenvalue weighted by atomic mass is 16.5. The van der Waals surface area contributed by atoms with Crippen molar-refractivity contribution in [2.75, 3.05) is 6.61 Å². The molecule has 1 saturated heterocycles. The Labute approximate surface area is 146 Å². The number of nitrogens with zero attached hydrogens (tertiary/aromatic N) is 2. The van der Waals surface area contributed by atoms with Crippen LogP contribution in [0, 0.1) is 35.5 Å². The van der Waals surface area contributed by atoms with E-state index in [9.17, 15) is 9.59 Å². The zero-order valence-corrected chi connectivity index (χ0v) is 14.0. The number of allylic oxidation sites excluding steroid dienone is 2. The fraction of sp³-hybridized carbons (Fsp3) is 0.450. The summed E-state index contributed by atoms with van der Waals surface area (Å²) in [6.45, 7) is 2.47. The Balaban J connectivity index is 1.43. The second-order valence-electron chi connectivity index (χ2n) is 7.36. The summed E-state index contributed by atoms with van der Waals surface area (Å²) in [6, 6.07) is 7.50. The number of carbonyl (C=O) groups is 2. The normalized spacial score (nSPS) is 37.6. The van der Waals surface area contributed by atoms with Gasteiger partial charge in [-0.05, 0) is 49.1 Å². The summed E-state index contributed by atoms with van der Waals surface area (Å²) in [6.07, 6.45) is 7.07. The molecule has 1 aromatic rings. The molecule has 3 fully saturated rings. The second-order valence-corrected chi connectivity index (χ2v) is 7.36. The predicted molar refractivity (Wildman–Crippen MR) is 91.8 cm³/mol. The summed E-state index contributed by atoms with van der Waals surface area (Å²) in [5, 5.41) is 5.37. The van der Waals surface area contributed by atoms with Crippen molar-refractivity contribution < 1.29 is 14.3 Å². The van der Waals surface area contributed by atoms with Crippen molar-refractivity contribution in [3.05, 3.63) is 42.0 Å². The van der Waals surface area contributed by atoms with Crippen LogP contribution in [0.25, 0.3) is 0 Å². The van der Waals surface area contributed by atoms with Gasteiger partial charge in [0.2, 0.25) is 0 Å². The van der Waals surface area contributed by atoms with E-state index in [1.165, 1.54) is 6.42 Å². The van der Waals surface area contributed by atoms with E-state index in [1.807, 2.05) is 31.2 Å². The van der Waals surface area contributed by atoms with Gasteiger partial charge in [0.05, 0.1) is 24.7 Å². The number of rotatable bonds is 4. The van der Waals surface area contributed by atoms with Gasteiger partial charge in [-0.25, -0.2) is 0 Å². The van der Waals surface area contributed by atoms with Crippen LogP contribution in [0.5, 0.6) is 5.75 Å². The lowest BCUT2D eigenvalue weighted by Gasteiger charge is -2.37. The third-order valence-electron chi connectivity index (χ3n) is 6.17. The molecular formula is C20H20N2O3. The van der Waals surface area contributed by atoms with Crippen molar-refractivity contribution in [3.63, 3.8) is 0 Å². The number of para-hydroxylation sites is 1. The molecular weight excluding hydrogens is 316 g/mol. The van der Waals surface area contributed by atoms with Crippen molar-refractivity contribution in [2.45, 2.75) is 13.3 Å². The minimum absolute atomic E-state index is 0.134. The molecule has 2 bridgehead atoms. The monoisotopic (exact) mass is 336 g/mol.